The fraction of sp³-hybridized carbons (Fsp3) is 1.00. The maximum absolute atomic E-state index is 8.62. The molecule has 0 aliphatic rings. The Labute approximate surface area is 245 Å². The van der Waals surface area contributed by atoms with Gasteiger partial charge in [0.15, 0.2) is 0 Å². The smallest absolute Gasteiger partial charge is 0.144 e. The second-order valence-corrected chi connectivity index (χ2v) is 13.8. The average molecular weight is 658 g/mol. The van der Waals surface area contributed by atoms with E-state index in [0.29, 0.717) is 0 Å². The molecule has 0 bridgehead atoms. The lowest BCUT2D eigenvalue weighted by molar-refractivity contribution is -2.00. The quantitative estimate of drug-likeness (QED) is 0.0732. The van der Waals surface area contributed by atoms with Crippen molar-refractivity contribution >= 4 is 0 Å². The molecule has 0 unspecified atom stereocenters. The minimum atomic E-state index is -5.94. The number of nitrogens with zero attached hydrogens (tertiary/aromatic N) is 1. The molecule has 0 aromatic carbocycles. The summed E-state index contributed by atoms with van der Waals surface area (Å²) < 4.78 is 35.9. The molecule has 0 radical (unpaired) electrons. The van der Waals surface area contributed by atoms with Crippen LogP contribution in [0.3, 0.4) is 0 Å². The summed E-state index contributed by atoms with van der Waals surface area (Å²) in [5, 5.41) is 0. The van der Waals surface area contributed by atoms with Gasteiger partial charge in [-0.15, -0.1) is 0 Å². The van der Waals surface area contributed by atoms with E-state index in [9.17, 15) is 0 Å². The van der Waals surface area contributed by atoms with E-state index >= 15 is 0 Å². The summed E-state index contributed by atoms with van der Waals surface area (Å²) in [6.45, 7) is 15.3. The van der Waals surface area contributed by atoms with Crippen LogP contribution < -0.4 is 33.8 Å². The predicted octanol–water partition coefficient (Wildman–Crippen LogP) is 3.49. The van der Waals surface area contributed by atoms with Crippen LogP contribution >= 0.6 is 0 Å². The van der Waals surface area contributed by atoms with Crippen LogP contribution in [0, 0.1) is 0 Å². The lowest BCUT2D eigenvalue weighted by atomic mass is 10.0. The Balaban J connectivity index is 0. The van der Waals surface area contributed by atoms with Crippen molar-refractivity contribution in [1.82, 2.24) is 0 Å². The Kier molecular flexibility index (Phi) is 32.6. The molecule has 0 amide bonds. The van der Waals surface area contributed by atoms with Crippen LogP contribution in [0.4, 0.5) is 0 Å². The van der Waals surface area contributed by atoms with Crippen LogP contribution in [-0.2, 0) is 0 Å². The first-order valence-electron chi connectivity index (χ1n) is 16.7. The first kappa shape index (κ1) is 40.7. The van der Waals surface area contributed by atoms with E-state index in [1.165, 1.54) is 185 Å². The van der Waals surface area contributed by atoms with Crippen molar-refractivity contribution in [3.8, 4) is 0 Å². The van der Waals surface area contributed by atoms with Crippen LogP contribution in [-0.4, -0.2) is 30.7 Å². The van der Waals surface area contributed by atoms with E-state index in [1.807, 2.05) is 0 Å². The van der Waals surface area contributed by atoms with Crippen molar-refractivity contribution in [1.29, 1.82) is 0 Å². The molecule has 0 rings (SSSR count). The van der Waals surface area contributed by atoms with Gasteiger partial charge in [0, 0.05) is 0 Å². The highest BCUT2D eigenvalue weighted by molar-refractivity contribution is 4.55. The largest absolute Gasteiger partial charge is 0.324 e. The number of quaternary nitrogens is 1. The van der Waals surface area contributed by atoms with E-state index in [2.05, 4.69) is 27.7 Å². The van der Waals surface area contributed by atoms with E-state index in [-0.39, 0.29) is 0 Å². The summed E-state index contributed by atoms with van der Waals surface area (Å²) in [6, 6.07) is 0. The van der Waals surface area contributed by atoms with Crippen molar-refractivity contribution in [3.63, 3.8) is 0 Å². The standard InChI is InChI=1S/C32H68N.IO4/c1-5-9-13-17-21-25-29-33(30-26-22-18-14-10-6-2,31-27-23-19-15-11-7-3)32-28-24-20-16-12-8-4;2-1(3,4)5/h5-32H2,1-4H3;/q+1;-1. The van der Waals surface area contributed by atoms with Gasteiger partial charge in [0.1, 0.15) is 20.1 Å². The third kappa shape index (κ3) is 34.6. The van der Waals surface area contributed by atoms with Crippen LogP contribution in [0.15, 0.2) is 0 Å². The molecule has 0 heterocycles. The lowest BCUT2D eigenvalue weighted by Gasteiger charge is -2.40. The molecule has 0 aliphatic heterocycles. The highest BCUT2D eigenvalue weighted by atomic mass is 127. The Morgan fingerprint density at radius 1 is 0.316 bits per heavy atom. The number of hydrogen-bond acceptors (Lipinski definition) is 4. The molecule has 0 saturated heterocycles. The van der Waals surface area contributed by atoms with Crippen molar-refractivity contribution in [2.45, 2.75) is 182 Å². The van der Waals surface area contributed by atoms with Gasteiger partial charge in [0.2, 0.25) is 0 Å². The maximum Gasteiger partial charge on any atom is 0.144 e. The van der Waals surface area contributed by atoms with Gasteiger partial charge in [-0.3, -0.25) is 13.7 Å². The third-order valence-corrected chi connectivity index (χ3v) is 7.94. The number of hydrogen-bond donors (Lipinski definition) is 0. The predicted molar refractivity (Wildman–Crippen MR) is 153 cm³/mol. The fourth-order valence-corrected chi connectivity index (χ4v) is 5.58. The highest BCUT2D eigenvalue weighted by Gasteiger charge is 2.25. The molecule has 0 N–H and O–H groups in total. The summed E-state index contributed by atoms with van der Waals surface area (Å²) >= 11 is -5.94. The molecule has 0 atom stereocenters. The monoisotopic (exact) mass is 657 g/mol. The van der Waals surface area contributed by atoms with Crippen LogP contribution in [0.25, 0.3) is 0 Å². The molecular weight excluding hydrogens is 589 g/mol. The molecule has 232 valence electrons. The molecule has 0 spiro atoms. The summed E-state index contributed by atoms with van der Waals surface area (Å²) in [5.74, 6) is 0. The van der Waals surface area contributed by atoms with Gasteiger partial charge >= 0.3 is 0 Å². The van der Waals surface area contributed by atoms with Crippen molar-refractivity contribution in [2.75, 3.05) is 26.2 Å². The normalized spacial score (nSPS) is 12.0. The van der Waals surface area contributed by atoms with Crippen LogP contribution in [0.5, 0.6) is 0 Å². The second-order valence-electron chi connectivity index (χ2n) is 11.7. The first-order chi connectivity index (χ1) is 18.2. The van der Waals surface area contributed by atoms with Gasteiger partial charge in [-0.1, -0.05) is 130 Å². The van der Waals surface area contributed by atoms with Crippen LogP contribution in [0.1, 0.15) is 182 Å². The topological polar surface area (TPSA) is 92.2 Å². The van der Waals surface area contributed by atoms with Gasteiger partial charge in [0.05, 0.1) is 26.2 Å². The summed E-state index contributed by atoms with van der Waals surface area (Å²) in [5.41, 5.74) is 0. The summed E-state index contributed by atoms with van der Waals surface area (Å²) in [4.78, 5) is 0. The summed E-state index contributed by atoms with van der Waals surface area (Å²) in [7, 11) is 0. The Hall–Kier alpha value is 0.530. The molecule has 6 heteroatoms. The van der Waals surface area contributed by atoms with Crippen molar-refractivity contribution in [3.05, 3.63) is 0 Å². The van der Waals surface area contributed by atoms with Crippen molar-refractivity contribution < 1.29 is 38.3 Å². The van der Waals surface area contributed by atoms with Gasteiger partial charge < -0.3 is 4.48 Å². The number of unbranched alkanes of at least 4 members (excludes halogenated alkanes) is 20. The maximum atomic E-state index is 8.62. The Morgan fingerprint density at radius 3 is 0.658 bits per heavy atom. The van der Waals surface area contributed by atoms with E-state index in [1.54, 1.807) is 0 Å². The van der Waals surface area contributed by atoms with E-state index in [0.717, 1.165) is 0 Å². The molecule has 0 aromatic heterocycles. The Morgan fingerprint density at radius 2 is 0.474 bits per heavy atom. The number of rotatable bonds is 28. The Bertz CT molecular complexity index is 370. The molecular formula is C32H68INO4. The molecule has 0 aliphatic carbocycles. The van der Waals surface area contributed by atoms with E-state index < -0.39 is 20.1 Å². The zero-order chi connectivity index (χ0) is 28.8. The zero-order valence-electron chi connectivity index (χ0n) is 26.3. The van der Waals surface area contributed by atoms with Gasteiger partial charge in [-0.05, 0) is 51.4 Å². The van der Waals surface area contributed by atoms with Gasteiger partial charge in [-0.25, -0.2) is 0 Å². The molecule has 0 saturated carbocycles. The molecule has 0 aromatic rings. The SMILES string of the molecule is CCCCCCCC[N+](CCCCCCCC)(CCCCCCCC)CCCCCCCC.[O-][I+3]([O-])([O-])[O-]. The van der Waals surface area contributed by atoms with Crippen LogP contribution in [0.2, 0.25) is 0 Å². The second kappa shape index (κ2) is 30.5. The van der Waals surface area contributed by atoms with Gasteiger partial charge in [0.25, 0.3) is 0 Å². The average Bonchev–Trinajstić information content (AvgIpc) is 2.86. The highest BCUT2D eigenvalue weighted by Crippen LogP contribution is 2.20. The first-order valence-corrected chi connectivity index (χ1v) is 20.2. The molecule has 0 fully saturated rings. The fourth-order valence-electron chi connectivity index (χ4n) is 5.58. The van der Waals surface area contributed by atoms with E-state index in [4.69, 9.17) is 13.7 Å². The minimum Gasteiger partial charge on any atom is -0.324 e. The van der Waals surface area contributed by atoms with Crippen molar-refractivity contribution in [2.24, 2.45) is 0 Å². The molecule has 5 nitrogen and oxygen atoms in total. The lowest BCUT2D eigenvalue weighted by Crippen LogP contribution is -4.29. The zero-order valence-corrected chi connectivity index (χ0v) is 28.4. The van der Waals surface area contributed by atoms with Gasteiger partial charge in [-0.2, -0.15) is 0 Å². The minimum absolute atomic E-state index is 1.37. The molecule has 38 heavy (non-hydrogen) atoms. The third-order valence-electron chi connectivity index (χ3n) is 7.94. The summed E-state index contributed by atoms with van der Waals surface area (Å²) in [6.07, 6.45) is 34.8. The number of halogens is 1.